The van der Waals surface area contributed by atoms with Crippen molar-refractivity contribution in [2.45, 2.75) is 12.8 Å². The lowest BCUT2D eigenvalue weighted by atomic mass is 10.3. The van der Waals surface area contributed by atoms with Crippen molar-refractivity contribution in [2.75, 3.05) is 0 Å². The van der Waals surface area contributed by atoms with Crippen molar-refractivity contribution in [3.05, 3.63) is 30.1 Å². The predicted octanol–water partition coefficient (Wildman–Crippen LogP) is 2.22. The number of amidine groups is 1. The van der Waals surface area contributed by atoms with E-state index in [2.05, 4.69) is 4.99 Å². The Labute approximate surface area is 76.3 Å². The molecule has 0 saturated heterocycles. The summed E-state index contributed by atoms with van der Waals surface area (Å²) in [5.41, 5.74) is 6.43. The van der Waals surface area contributed by atoms with Crippen LogP contribution in [0.25, 0.3) is 0 Å². The van der Waals surface area contributed by atoms with Gasteiger partial charge in [0.25, 0.3) is 0 Å². The maximum absolute atomic E-state index is 12.5. The van der Waals surface area contributed by atoms with Crippen LogP contribution in [0.4, 0.5) is 10.1 Å². The fourth-order valence-corrected chi connectivity index (χ4v) is 1.14. The third kappa shape index (κ3) is 2.05. The first kappa shape index (κ1) is 8.23. The largest absolute Gasteiger partial charge is 0.387 e. The molecule has 13 heavy (non-hydrogen) atoms. The second-order valence-electron chi connectivity index (χ2n) is 3.29. The zero-order valence-corrected chi connectivity index (χ0v) is 7.20. The lowest BCUT2D eigenvalue weighted by molar-refractivity contribution is 0.628. The molecular formula is C10H11FN2. The van der Waals surface area contributed by atoms with Crippen LogP contribution in [-0.2, 0) is 0 Å². The van der Waals surface area contributed by atoms with Gasteiger partial charge < -0.3 is 5.73 Å². The molecule has 1 aliphatic carbocycles. The van der Waals surface area contributed by atoms with E-state index in [0.29, 0.717) is 11.8 Å². The quantitative estimate of drug-likeness (QED) is 0.547. The normalized spacial score (nSPS) is 17.5. The molecule has 1 aromatic rings. The molecular weight excluding hydrogens is 167 g/mol. The predicted molar refractivity (Wildman–Crippen MR) is 50.4 cm³/mol. The molecule has 0 atom stereocenters. The van der Waals surface area contributed by atoms with Crippen LogP contribution in [0.1, 0.15) is 12.8 Å². The summed E-state index contributed by atoms with van der Waals surface area (Å²) in [6.07, 6.45) is 2.27. The first-order chi connectivity index (χ1) is 6.25. The van der Waals surface area contributed by atoms with E-state index in [9.17, 15) is 4.39 Å². The number of halogens is 1. The van der Waals surface area contributed by atoms with E-state index in [-0.39, 0.29) is 5.82 Å². The molecule has 1 aromatic carbocycles. The summed E-state index contributed by atoms with van der Waals surface area (Å²) in [6, 6.07) is 6.03. The topological polar surface area (TPSA) is 38.4 Å². The minimum Gasteiger partial charge on any atom is -0.387 e. The standard InChI is InChI=1S/C10H11FN2/c11-8-3-5-9(6-4-8)13-10(12)7-1-2-7/h3-7H,1-2H2,(H2,12,13). The first-order valence-electron chi connectivity index (χ1n) is 4.35. The van der Waals surface area contributed by atoms with Gasteiger partial charge in [0.2, 0.25) is 0 Å². The molecule has 2 N–H and O–H groups in total. The van der Waals surface area contributed by atoms with Gasteiger partial charge in [-0.3, -0.25) is 0 Å². The zero-order valence-electron chi connectivity index (χ0n) is 7.20. The highest BCUT2D eigenvalue weighted by atomic mass is 19.1. The van der Waals surface area contributed by atoms with E-state index < -0.39 is 0 Å². The molecule has 0 bridgehead atoms. The number of nitrogens with two attached hydrogens (primary N) is 1. The molecule has 0 aromatic heterocycles. The Balaban J connectivity index is 2.16. The lowest BCUT2D eigenvalue weighted by Crippen LogP contribution is -2.12. The Morgan fingerprint density at radius 1 is 1.31 bits per heavy atom. The Morgan fingerprint density at radius 2 is 1.92 bits per heavy atom. The molecule has 1 fully saturated rings. The smallest absolute Gasteiger partial charge is 0.123 e. The maximum Gasteiger partial charge on any atom is 0.123 e. The molecule has 0 unspecified atom stereocenters. The van der Waals surface area contributed by atoms with Crippen LogP contribution in [0.3, 0.4) is 0 Å². The third-order valence-corrected chi connectivity index (χ3v) is 2.08. The average molecular weight is 178 g/mol. The van der Waals surface area contributed by atoms with E-state index in [0.717, 1.165) is 18.5 Å². The molecule has 0 amide bonds. The zero-order chi connectivity index (χ0) is 9.26. The van der Waals surface area contributed by atoms with Crippen molar-refractivity contribution in [2.24, 2.45) is 16.6 Å². The van der Waals surface area contributed by atoms with Crippen LogP contribution >= 0.6 is 0 Å². The number of aliphatic imine (C=N–C) groups is 1. The van der Waals surface area contributed by atoms with Crippen molar-refractivity contribution < 1.29 is 4.39 Å². The summed E-state index contributed by atoms with van der Waals surface area (Å²) in [5.74, 6) is 0.889. The van der Waals surface area contributed by atoms with Crippen LogP contribution in [0.2, 0.25) is 0 Å². The van der Waals surface area contributed by atoms with E-state index in [1.54, 1.807) is 12.1 Å². The molecule has 2 nitrogen and oxygen atoms in total. The van der Waals surface area contributed by atoms with Gasteiger partial charge in [0.1, 0.15) is 11.7 Å². The maximum atomic E-state index is 12.5. The van der Waals surface area contributed by atoms with Crippen molar-refractivity contribution in [1.29, 1.82) is 0 Å². The second-order valence-corrected chi connectivity index (χ2v) is 3.29. The average Bonchev–Trinajstić information content (AvgIpc) is 2.91. The molecule has 68 valence electrons. The van der Waals surface area contributed by atoms with E-state index in [1.165, 1.54) is 12.1 Å². The van der Waals surface area contributed by atoms with Gasteiger partial charge in [-0.05, 0) is 37.1 Å². The number of rotatable bonds is 2. The Kier molecular flexibility index (Phi) is 2.00. The van der Waals surface area contributed by atoms with Crippen molar-refractivity contribution >= 4 is 11.5 Å². The SMILES string of the molecule is NC(=Nc1ccc(F)cc1)C1CC1. The molecule has 1 aliphatic rings. The van der Waals surface area contributed by atoms with Crippen molar-refractivity contribution in [3.63, 3.8) is 0 Å². The van der Waals surface area contributed by atoms with Crippen LogP contribution in [0.15, 0.2) is 29.3 Å². The first-order valence-corrected chi connectivity index (χ1v) is 4.35. The number of benzene rings is 1. The Bertz CT molecular complexity index is 325. The summed E-state index contributed by atoms with van der Waals surface area (Å²) >= 11 is 0. The van der Waals surface area contributed by atoms with Gasteiger partial charge in [-0.25, -0.2) is 9.38 Å². The fraction of sp³-hybridized carbons (Fsp3) is 0.300. The number of nitrogens with zero attached hydrogens (tertiary/aromatic N) is 1. The van der Waals surface area contributed by atoms with Crippen LogP contribution < -0.4 is 5.73 Å². The van der Waals surface area contributed by atoms with Gasteiger partial charge in [0.05, 0.1) is 5.69 Å². The van der Waals surface area contributed by atoms with E-state index >= 15 is 0 Å². The molecule has 1 saturated carbocycles. The van der Waals surface area contributed by atoms with Crippen LogP contribution in [-0.4, -0.2) is 5.84 Å². The van der Waals surface area contributed by atoms with Crippen molar-refractivity contribution in [3.8, 4) is 0 Å². The number of hydrogen-bond donors (Lipinski definition) is 1. The highest BCUT2D eigenvalue weighted by Crippen LogP contribution is 2.30. The molecule has 2 rings (SSSR count). The minimum absolute atomic E-state index is 0.246. The van der Waals surface area contributed by atoms with Gasteiger partial charge in [0.15, 0.2) is 0 Å². The highest BCUT2D eigenvalue weighted by molar-refractivity contribution is 5.87. The van der Waals surface area contributed by atoms with Crippen LogP contribution in [0.5, 0.6) is 0 Å². The summed E-state index contributed by atoms with van der Waals surface area (Å²) < 4.78 is 12.5. The van der Waals surface area contributed by atoms with Crippen molar-refractivity contribution in [1.82, 2.24) is 0 Å². The molecule has 3 heteroatoms. The summed E-state index contributed by atoms with van der Waals surface area (Å²) in [7, 11) is 0. The molecule has 0 heterocycles. The summed E-state index contributed by atoms with van der Waals surface area (Å²) in [5, 5.41) is 0. The summed E-state index contributed by atoms with van der Waals surface area (Å²) in [4.78, 5) is 4.19. The molecule has 0 spiro atoms. The Morgan fingerprint density at radius 3 is 2.46 bits per heavy atom. The minimum atomic E-state index is -0.246. The van der Waals surface area contributed by atoms with Gasteiger partial charge in [-0.15, -0.1) is 0 Å². The van der Waals surface area contributed by atoms with Crippen LogP contribution in [0, 0.1) is 11.7 Å². The fourth-order valence-electron chi connectivity index (χ4n) is 1.14. The monoisotopic (exact) mass is 178 g/mol. The van der Waals surface area contributed by atoms with E-state index in [1.807, 2.05) is 0 Å². The van der Waals surface area contributed by atoms with Gasteiger partial charge >= 0.3 is 0 Å². The van der Waals surface area contributed by atoms with Gasteiger partial charge in [-0.1, -0.05) is 0 Å². The lowest BCUT2D eigenvalue weighted by Gasteiger charge is -1.97. The second kappa shape index (κ2) is 3.17. The highest BCUT2D eigenvalue weighted by Gasteiger charge is 2.25. The Hall–Kier alpha value is -1.38. The summed E-state index contributed by atoms with van der Waals surface area (Å²) in [6.45, 7) is 0. The van der Waals surface area contributed by atoms with Gasteiger partial charge in [-0.2, -0.15) is 0 Å². The third-order valence-electron chi connectivity index (χ3n) is 2.08. The molecule has 0 aliphatic heterocycles. The van der Waals surface area contributed by atoms with E-state index in [4.69, 9.17) is 5.73 Å². The van der Waals surface area contributed by atoms with Gasteiger partial charge in [0, 0.05) is 5.92 Å². The molecule has 0 radical (unpaired) electrons. The number of hydrogen-bond acceptors (Lipinski definition) is 1.